The van der Waals surface area contributed by atoms with Gasteiger partial charge >= 0.3 is 0 Å². The molecule has 6 heteroatoms. The topological polar surface area (TPSA) is 39.9 Å². The van der Waals surface area contributed by atoms with Gasteiger partial charge in [-0.15, -0.1) is 12.6 Å². The molecule has 108 valence electrons. The van der Waals surface area contributed by atoms with Gasteiger partial charge in [0.1, 0.15) is 12.4 Å². The predicted molar refractivity (Wildman–Crippen MR) is 86.8 cm³/mol. The Balaban J connectivity index is 1.95. The number of rotatable bonds is 6. The molecule has 0 aliphatic carbocycles. The van der Waals surface area contributed by atoms with Crippen molar-refractivity contribution in [3.8, 4) is 11.3 Å². The van der Waals surface area contributed by atoms with Crippen molar-refractivity contribution in [1.82, 2.24) is 14.8 Å². The average Bonchev–Trinajstić information content (AvgIpc) is 2.76. The molecule has 0 spiro atoms. The average molecular weight is 307 g/mol. The van der Waals surface area contributed by atoms with Crippen LogP contribution in [0.25, 0.3) is 11.3 Å². The van der Waals surface area contributed by atoms with Crippen molar-refractivity contribution in [3.05, 3.63) is 30.7 Å². The molecule has 0 saturated carbocycles. The maximum Gasteiger partial charge on any atom is 0.139 e. The maximum absolute atomic E-state index is 5.69. The Morgan fingerprint density at radius 3 is 2.80 bits per heavy atom. The van der Waals surface area contributed by atoms with Crippen molar-refractivity contribution in [1.29, 1.82) is 0 Å². The van der Waals surface area contributed by atoms with Crippen LogP contribution >= 0.6 is 12.6 Å². The second-order valence-electron chi connectivity index (χ2n) is 5.99. The van der Waals surface area contributed by atoms with Gasteiger partial charge in [0.15, 0.2) is 0 Å². The van der Waals surface area contributed by atoms with E-state index in [9.17, 15) is 0 Å². The minimum Gasteiger partial charge on any atom is -0.360 e. The van der Waals surface area contributed by atoms with E-state index in [2.05, 4.69) is 42.4 Å². The van der Waals surface area contributed by atoms with Crippen LogP contribution in [0.2, 0.25) is 25.7 Å². The molecule has 0 bridgehead atoms. The fourth-order valence-corrected chi connectivity index (χ4v) is 2.79. The lowest BCUT2D eigenvalue weighted by atomic mass is 10.2. The number of thiol groups is 1. The normalized spacial score (nSPS) is 11.8. The van der Waals surface area contributed by atoms with E-state index in [0.717, 1.165) is 28.8 Å². The SMILES string of the molecule is C[Si](C)(C)CCOCn1cc(S)c(-c2cccnc2)n1. The molecular formula is C14H21N3OSSi. The molecule has 0 aliphatic rings. The Morgan fingerprint density at radius 1 is 1.35 bits per heavy atom. The molecule has 2 aromatic heterocycles. The highest BCUT2D eigenvalue weighted by Gasteiger charge is 2.12. The summed E-state index contributed by atoms with van der Waals surface area (Å²) in [5.41, 5.74) is 1.81. The first kappa shape index (κ1) is 15.3. The zero-order valence-electron chi connectivity index (χ0n) is 12.2. The second kappa shape index (κ2) is 6.56. The third kappa shape index (κ3) is 4.47. The highest BCUT2D eigenvalue weighted by molar-refractivity contribution is 7.80. The molecule has 4 nitrogen and oxygen atoms in total. The van der Waals surface area contributed by atoms with Gasteiger partial charge in [0.2, 0.25) is 0 Å². The Labute approximate surface area is 126 Å². The Morgan fingerprint density at radius 2 is 2.15 bits per heavy atom. The van der Waals surface area contributed by atoms with E-state index in [1.165, 1.54) is 0 Å². The van der Waals surface area contributed by atoms with Gasteiger partial charge in [-0.25, -0.2) is 4.68 Å². The van der Waals surface area contributed by atoms with Crippen molar-refractivity contribution < 1.29 is 4.74 Å². The fraction of sp³-hybridized carbons (Fsp3) is 0.429. The highest BCUT2D eigenvalue weighted by atomic mass is 32.1. The summed E-state index contributed by atoms with van der Waals surface area (Å²) in [6.45, 7) is 8.29. The van der Waals surface area contributed by atoms with Gasteiger partial charge in [-0.05, 0) is 18.2 Å². The number of hydrogen-bond donors (Lipinski definition) is 1. The summed E-state index contributed by atoms with van der Waals surface area (Å²) >= 11 is 4.46. The predicted octanol–water partition coefficient (Wildman–Crippen LogP) is 3.55. The zero-order valence-corrected chi connectivity index (χ0v) is 14.1. The standard InChI is InChI=1S/C14H21N3OSSi/c1-20(2,3)8-7-18-11-17-10-13(19)14(16-17)12-5-4-6-15-9-12/h4-6,9-10,19H,7-8,11H2,1-3H3. The van der Waals surface area contributed by atoms with Gasteiger partial charge in [0.25, 0.3) is 0 Å². The van der Waals surface area contributed by atoms with Crippen LogP contribution in [0.15, 0.2) is 35.6 Å². The molecule has 2 aromatic rings. The molecule has 0 N–H and O–H groups in total. The van der Waals surface area contributed by atoms with Crippen molar-refractivity contribution in [2.45, 2.75) is 37.3 Å². The summed E-state index contributed by atoms with van der Waals surface area (Å²) in [4.78, 5) is 4.94. The molecule has 0 radical (unpaired) electrons. The molecule has 0 amide bonds. The Hall–Kier alpha value is -1.11. The van der Waals surface area contributed by atoms with E-state index in [-0.39, 0.29) is 0 Å². The third-order valence-corrected chi connectivity index (χ3v) is 4.93. The van der Waals surface area contributed by atoms with Crippen LogP contribution in [0.5, 0.6) is 0 Å². The molecule has 20 heavy (non-hydrogen) atoms. The lowest BCUT2D eigenvalue weighted by molar-refractivity contribution is 0.0786. The molecule has 0 aliphatic heterocycles. The van der Waals surface area contributed by atoms with Crippen LogP contribution in [0, 0.1) is 0 Å². The van der Waals surface area contributed by atoms with E-state index >= 15 is 0 Å². The van der Waals surface area contributed by atoms with Gasteiger partial charge < -0.3 is 4.74 Å². The smallest absolute Gasteiger partial charge is 0.139 e. The quantitative estimate of drug-likeness (QED) is 0.504. The summed E-state index contributed by atoms with van der Waals surface area (Å²) in [6, 6.07) is 5.04. The lowest BCUT2D eigenvalue weighted by Crippen LogP contribution is -2.22. The zero-order chi connectivity index (χ0) is 14.6. The first-order chi connectivity index (χ1) is 9.46. The Kier molecular flexibility index (Phi) is 5.01. The second-order valence-corrected chi connectivity index (χ2v) is 12.1. The number of pyridine rings is 1. The minimum atomic E-state index is -1.03. The van der Waals surface area contributed by atoms with Crippen LogP contribution in [-0.2, 0) is 11.5 Å². The third-order valence-electron chi connectivity index (χ3n) is 2.90. The van der Waals surface area contributed by atoms with E-state index in [0.29, 0.717) is 6.73 Å². The monoisotopic (exact) mass is 307 g/mol. The molecule has 0 atom stereocenters. The van der Waals surface area contributed by atoms with E-state index < -0.39 is 8.07 Å². The maximum atomic E-state index is 5.69. The van der Waals surface area contributed by atoms with Crippen LogP contribution in [0.1, 0.15) is 0 Å². The van der Waals surface area contributed by atoms with E-state index in [1.807, 2.05) is 18.3 Å². The molecule has 0 saturated heterocycles. The van der Waals surface area contributed by atoms with Gasteiger partial charge in [-0.2, -0.15) is 5.10 Å². The van der Waals surface area contributed by atoms with Crippen LogP contribution in [0.3, 0.4) is 0 Å². The molecule has 0 aromatic carbocycles. The van der Waals surface area contributed by atoms with Gasteiger partial charge in [-0.1, -0.05) is 19.6 Å². The van der Waals surface area contributed by atoms with Crippen molar-refractivity contribution in [2.75, 3.05) is 6.61 Å². The molecule has 2 rings (SSSR count). The van der Waals surface area contributed by atoms with Crippen molar-refractivity contribution in [2.24, 2.45) is 0 Å². The van der Waals surface area contributed by atoms with Crippen molar-refractivity contribution in [3.63, 3.8) is 0 Å². The molecule has 0 unspecified atom stereocenters. The summed E-state index contributed by atoms with van der Waals surface area (Å²) in [5.74, 6) is 0. The number of aromatic nitrogens is 3. The summed E-state index contributed by atoms with van der Waals surface area (Å²) in [7, 11) is -1.03. The van der Waals surface area contributed by atoms with Crippen LogP contribution in [-0.4, -0.2) is 29.4 Å². The first-order valence-corrected chi connectivity index (χ1v) is 10.9. The van der Waals surface area contributed by atoms with E-state index in [4.69, 9.17) is 4.74 Å². The van der Waals surface area contributed by atoms with Crippen molar-refractivity contribution >= 4 is 20.7 Å². The van der Waals surface area contributed by atoms with Crippen LogP contribution in [0.4, 0.5) is 0 Å². The first-order valence-electron chi connectivity index (χ1n) is 6.70. The number of ether oxygens (including phenoxy) is 1. The van der Waals surface area contributed by atoms with E-state index in [1.54, 1.807) is 17.1 Å². The number of hydrogen-bond acceptors (Lipinski definition) is 4. The summed E-state index contributed by atoms with van der Waals surface area (Å²) < 4.78 is 7.47. The largest absolute Gasteiger partial charge is 0.360 e. The molecule has 0 fully saturated rings. The molecule has 2 heterocycles. The molecular weight excluding hydrogens is 286 g/mol. The van der Waals surface area contributed by atoms with Crippen LogP contribution < -0.4 is 0 Å². The number of nitrogens with zero attached hydrogens (tertiary/aromatic N) is 3. The highest BCUT2D eigenvalue weighted by Crippen LogP contribution is 2.23. The lowest BCUT2D eigenvalue weighted by Gasteiger charge is -2.15. The van der Waals surface area contributed by atoms with Gasteiger partial charge in [0, 0.05) is 38.8 Å². The summed E-state index contributed by atoms with van der Waals surface area (Å²) in [5, 5.41) is 4.50. The fourth-order valence-electron chi connectivity index (χ4n) is 1.72. The summed E-state index contributed by atoms with van der Waals surface area (Å²) in [6.07, 6.45) is 5.43. The van der Waals surface area contributed by atoms with Gasteiger partial charge in [-0.3, -0.25) is 4.98 Å². The van der Waals surface area contributed by atoms with Gasteiger partial charge in [0.05, 0.1) is 4.90 Å². The Bertz CT molecular complexity index is 551. The minimum absolute atomic E-state index is 0.471.